The number of ether oxygens (including phenoxy) is 1. The van der Waals surface area contributed by atoms with Crippen molar-refractivity contribution in [1.82, 2.24) is 0 Å². The van der Waals surface area contributed by atoms with Gasteiger partial charge in [0.1, 0.15) is 0 Å². The number of hydrogen-bond donors (Lipinski definition) is 1. The minimum atomic E-state index is -0.370. The predicted octanol–water partition coefficient (Wildman–Crippen LogP) is 2.30. The third kappa shape index (κ3) is 2.91. The van der Waals surface area contributed by atoms with Crippen molar-refractivity contribution in [3.63, 3.8) is 0 Å². The van der Waals surface area contributed by atoms with E-state index in [9.17, 15) is 4.79 Å². The van der Waals surface area contributed by atoms with Crippen molar-refractivity contribution >= 4 is 30.2 Å². The SMILES string of the molecule is COC(=O)Cc1cc(C#N)cc(CCl)c1S. The maximum absolute atomic E-state index is 11.2. The van der Waals surface area contributed by atoms with Crippen molar-refractivity contribution in [1.29, 1.82) is 5.26 Å². The van der Waals surface area contributed by atoms with Gasteiger partial charge in [-0.3, -0.25) is 4.79 Å². The maximum atomic E-state index is 11.2. The molecule has 1 aromatic carbocycles. The van der Waals surface area contributed by atoms with E-state index in [1.807, 2.05) is 6.07 Å². The van der Waals surface area contributed by atoms with Crippen molar-refractivity contribution in [3.8, 4) is 6.07 Å². The molecule has 0 aromatic heterocycles. The van der Waals surface area contributed by atoms with E-state index in [0.717, 1.165) is 5.56 Å². The second-order valence-electron chi connectivity index (χ2n) is 3.14. The van der Waals surface area contributed by atoms with Gasteiger partial charge in [-0.15, -0.1) is 24.2 Å². The number of halogens is 1. The lowest BCUT2D eigenvalue weighted by molar-refractivity contribution is -0.139. The Morgan fingerprint density at radius 2 is 2.19 bits per heavy atom. The summed E-state index contributed by atoms with van der Waals surface area (Å²) in [6.45, 7) is 0. The molecule has 0 saturated heterocycles. The molecule has 0 saturated carbocycles. The van der Waals surface area contributed by atoms with Gasteiger partial charge in [-0.05, 0) is 23.3 Å². The molecule has 16 heavy (non-hydrogen) atoms. The molecule has 0 fully saturated rings. The second-order valence-corrected chi connectivity index (χ2v) is 3.86. The molecule has 0 radical (unpaired) electrons. The van der Waals surface area contributed by atoms with Crippen LogP contribution in [0.1, 0.15) is 16.7 Å². The summed E-state index contributed by atoms with van der Waals surface area (Å²) in [6, 6.07) is 5.30. The fourth-order valence-electron chi connectivity index (χ4n) is 1.29. The Balaban J connectivity index is 3.17. The number of nitriles is 1. The largest absolute Gasteiger partial charge is 0.469 e. The van der Waals surface area contributed by atoms with E-state index in [4.69, 9.17) is 16.9 Å². The van der Waals surface area contributed by atoms with Crippen molar-refractivity contribution < 1.29 is 9.53 Å². The Morgan fingerprint density at radius 3 is 2.69 bits per heavy atom. The molecular formula is C11H10ClNO2S. The maximum Gasteiger partial charge on any atom is 0.310 e. The minimum absolute atomic E-state index is 0.0920. The van der Waals surface area contributed by atoms with Gasteiger partial charge in [-0.25, -0.2) is 0 Å². The van der Waals surface area contributed by atoms with E-state index in [1.54, 1.807) is 12.1 Å². The third-order valence-corrected chi connectivity index (χ3v) is 2.97. The first kappa shape index (κ1) is 12.9. The normalized spacial score (nSPS) is 9.62. The quantitative estimate of drug-likeness (QED) is 0.512. The van der Waals surface area contributed by atoms with Gasteiger partial charge in [0.2, 0.25) is 0 Å². The van der Waals surface area contributed by atoms with Crippen LogP contribution in [0.4, 0.5) is 0 Å². The number of methoxy groups -OCH3 is 1. The molecule has 0 amide bonds. The molecule has 0 aliphatic carbocycles. The van der Waals surface area contributed by atoms with Gasteiger partial charge >= 0.3 is 5.97 Å². The van der Waals surface area contributed by atoms with E-state index in [0.29, 0.717) is 16.0 Å². The van der Waals surface area contributed by atoms with Crippen LogP contribution in [0, 0.1) is 11.3 Å². The lowest BCUT2D eigenvalue weighted by atomic mass is 10.0. The highest BCUT2D eigenvalue weighted by molar-refractivity contribution is 7.80. The van der Waals surface area contributed by atoms with Gasteiger partial charge < -0.3 is 4.74 Å². The molecular weight excluding hydrogens is 246 g/mol. The zero-order valence-corrected chi connectivity index (χ0v) is 10.3. The molecule has 0 unspecified atom stereocenters. The summed E-state index contributed by atoms with van der Waals surface area (Å²) in [5.41, 5.74) is 1.86. The zero-order valence-electron chi connectivity index (χ0n) is 8.66. The fraction of sp³-hybridized carbons (Fsp3) is 0.273. The highest BCUT2D eigenvalue weighted by atomic mass is 35.5. The van der Waals surface area contributed by atoms with Gasteiger partial charge in [0.25, 0.3) is 0 Å². The van der Waals surface area contributed by atoms with Crippen LogP contribution in [-0.4, -0.2) is 13.1 Å². The fourth-order valence-corrected chi connectivity index (χ4v) is 1.88. The smallest absolute Gasteiger partial charge is 0.310 e. The van der Waals surface area contributed by atoms with Crippen LogP contribution in [0.3, 0.4) is 0 Å². The third-order valence-electron chi connectivity index (χ3n) is 2.10. The molecule has 0 bridgehead atoms. The van der Waals surface area contributed by atoms with Crippen LogP contribution >= 0.6 is 24.2 Å². The Hall–Kier alpha value is -1.18. The molecule has 0 aliphatic rings. The highest BCUT2D eigenvalue weighted by Gasteiger charge is 2.11. The molecule has 84 valence electrons. The average molecular weight is 256 g/mol. The summed E-state index contributed by atoms with van der Waals surface area (Å²) in [6.07, 6.45) is 0.0920. The monoisotopic (exact) mass is 255 g/mol. The van der Waals surface area contributed by atoms with Crippen molar-refractivity contribution in [3.05, 3.63) is 28.8 Å². The molecule has 0 aliphatic heterocycles. The minimum Gasteiger partial charge on any atom is -0.469 e. The Kier molecular flexibility index (Phi) is 4.66. The number of thiol groups is 1. The number of benzene rings is 1. The molecule has 0 N–H and O–H groups in total. The number of nitrogens with zero attached hydrogens (tertiary/aromatic N) is 1. The summed E-state index contributed by atoms with van der Waals surface area (Å²) in [4.78, 5) is 11.8. The van der Waals surface area contributed by atoms with Gasteiger partial charge in [0.05, 0.1) is 25.2 Å². The summed E-state index contributed by atoms with van der Waals surface area (Å²) in [5.74, 6) is -0.117. The van der Waals surface area contributed by atoms with E-state index in [2.05, 4.69) is 17.4 Å². The van der Waals surface area contributed by atoms with Crippen molar-refractivity contribution in [2.75, 3.05) is 7.11 Å². The van der Waals surface area contributed by atoms with E-state index in [-0.39, 0.29) is 18.3 Å². The zero-order chi connectivity index (χ0) is 12.1. The number of carbonyl (C=O) groups excluding carboxylic acids is 1. The number of rotatable bonds is 3. The van der Waals surface area contributed by atoms with Crippen LogP contribution in [0.15, 0.2) is 17.0 Å². The lowest BCUT2D eigenvalue weighted by Crippen LogP contribution is -2.06. The van der Waals surface area contributed by atoms with Gasteiger partial charge in [-0.1, -0.05) is 0 Å². The number of hydrogen-bond acceptors (Lipinski definition) is 4. The van der Waals surface area contributed by atoms with Crippen LogP contribution in [0.2, 0.25) is 0 Å². The summed E-state index contributed by atoms with van der Waals surface area (Å²) in [7, 11) is 1.32. The molecule has 0 spiro atoms. The molecule has 0 atom stereocenters. The average Bonchev–Trinajstić information content (AvgIpc) is 2.31. The number of carbonyl (C=O) groups is 1. The van der Waals surface area contributed by atoms with Crippen LogP contribution < -0.4 is 0 Å². The van der Waals surface area contributed by atoms with Crippen molar-refractivity contribution in [2.24, 2.45) is 0 Å². The molecule has 1 rings (SSSR count). The van der Waals surface area contributed by atoms with E-state index < -0.39 is 0 Å². The Labute approximate surface area is 104 Å². The van der Waals surface area contributed by atoms with E-state index in [1.165, 1.54) is 7.11 Å². The predicted molar refractivity (Wildman–Crippen MR) is 63.7 cm³/mol. The van der Waals surface area contributed by atoms with Crippen molar-refractivity contribution in [2.45, 2.75) is 17.2 Å². The van der Waals surface area contributed by atoms with Gasteiger partial charge in [0, 0.05) is 10.8 Å². The van der Waals surface area contributed by atoms with E-state index >= 15 is 0 Å². The van der Waals surface area contributed by atoms with Gasteiger partial charge in [-0.2, -0.15) is 5.26 Å². The summed E-state index contributed by atoms with van der Waals surface area (Å²) < 4.78 is 4.57. The van der Waals surface area contributed by atoms with Crippen LogP contribution in [0.25, 0.3) is 0 Å². The first-order valence-electron chi connectivity index (χ1n) is 4.50. The first-order valence-corrected chi connectivity index (χ1v) is 5.48. The standard InChI is InChI=1S/C11H10ClNO2S/c1-15-10(14)4-8-2-7(6-13)3-9(5-12)11(8)16/h2-3,16H,4-5H2,1H3. The summed E-state index contributed by atoms with van der Waals surface area (Å²) in [5, 5.41) is 8.83. The number of alkyl halides is 1. The molecule has 1 aromatic rings. The molecule has 0 heterocycles. The lowest BCUT2D eigenvalue weighted by Gasteiger charge is -2.08. The summed E-state index contributed by atoms with van der Waals surface area (Å²) >= 11 is 10.0. The Bertz CT molecular complexity index is 454. The van der Waals surface area contributed by atoms with Gasteiger partial charge in [0.15, 0.2) is 0 Å². The van der Waals surface area contributed by atoms with Crippen LogP contribution in [-0.2, 0) is 21.8 Å². The van der Waals surface area contributed by atoms with Crippen LogP contribution in [0.5, 0.6) is 0 Å². The number of esters is 1. The first-order chi connectivity index (χ1) is 7.62. The second kappa shape index (κ2) is 5.78. The topological polar surface area (TPSA) is 50.1 Å². The Morgan fingerprint density at radius 1 is 1.56 bits per heavy atom. The molecule has 3 nitrogen and oxygen atoms in total. The molecule has 5 heteroatoms. The highest BCUT2D eigenvalue weighted by Crippen LogP contribution is 2.23.